The number of aliphatic carboxylic acids is 1. The van der Waals surface area contributed by atoms with Gasteiger partial charge in [0.2, 0.25) is 0 Å². The standard InChI is InChI=1S/C15H20N2O6/c1-9(5-14(19)20)7-17-15(21)10-3-4-11(12(6-10)22-2)23-8-13(16)18/h3-4,6,9H,5,7-8H2,1-2H3,(H2,16,18)(H,17,21)(H,19,20). The van der Waals surface area contributed by atoms with Gasteiger partial charge in [0, 0.05) is 18.5 Å². The SMILES string of the molecule is COc1cc(C(=O)NCC(C)CC(=O)O)ccc1OCC(N)=O. The van der Waals surface area contributed by atoms with Crippen LogP contribution in [-0.4, -0.2) is 43.2 Å². The molecule has 0 saturated heterocycles. The maximum atomic E-state index is 12.1. The van der Waals surface area contributed by atoms with E-state index in [9.17, 15) is 14.4 Å². The number of hydrogen-bond donors (Lipinski definition) is 3. The Morgan fingerprint density at radius 3 is 2.57 bits per heavy atom. The Labute approximate surface area is 133 Å². The lowest BCUT2D eigenvalue weighted by molar-refractivity contribution is -0.137. The number of nitrogens with two attached hydrogens (primary N) is 1. The third-order valence-electron chi connectivity index (χ3n) is 2.93. The van der Waals surface area contributed by atoms with Gasteiger partial charge in [0.1, 0.15) is 0 Å². The zero-order chi connectivity index (χ0) is 17.4. The number of amides is 2. The summed E-state index contributed by atoms with van der Waals surface area (Å²) in [6.45, 7) is 1.68. The van der Waals surface area contributed by atoms with Gasteiger partial charge in [0.15, 0.2) is 18.1 Å². The van der Waals surface area contributed by atoms with Crippen molar-refractivity contribution in [2.45, 2.75) is 13.3 Å². The molecule has 0 spiro atoms. The van der Waals surface area contributed by atoms with Gasteiger partial charge in [-0.3, -0.25) is 14.4 Å². The molecule has 8 heteroatoms. The number of carbonyl (C=O) groups is 3. The van der Waals surface area contributed by atoms with Crippen LogP contribution in [0.5, 0.6) is 11.5 Å². The van der Waals surface area contributed by atoms with Crippen molar-refractivity contribution in [1.29, 1.82) is 0 Å². The van der Waals surface area contributed by atoms with E-state index >= 15 is 0 Å². The molecule has 1 aromatic rings. The van der Waals surface area contributed by atoms with E-state index in [4.69, 9.17) is 20.3 Å². The van der Waals surface area contributed by atoms with Crippen LogP contribution in [0.2, 0.25) is 0 Å². The summed E-state index contributed by atoms with van der Waals surface area (Å²) in [5.74, 6) is -1.50. The molecule has 1 unspecified atom stereocenters. The molecule has 0 heterocycles. The van der Waals surface area contributed by atoms with Gasteiger partial charge < -0.3 is 25.6 Å². The highest BCUT2D eigenvalue weighted by Crippen LogP contribution is 2.28. The number of rotatable bonds is 9. The van der Waals surface area contributed by atoms with Crippen molar-refractivity contribution in [3.8, 4) is 11.5 Å². The number of carboxylic acid groups (broad SMARTS) is 1. The predicted molar refractivity (Wildman–Crippen MR) is 81.4 cm³/mol. The first-order chi connectivity index (χ1) is 10.8. The van der Waals surface area contributed by atoms with Crippen LogP contribution in [0.25, 0.3) is 0 Å². The summed E-state index contributed by atoms with van der Waals surface area (Å²) in [5, 5.41) is 11.3. The molecule has 0 aliphatic carbocycles. The van der Waals surface area contributed by atoms with Crippen molar-refractivity contribution in [2.24, 2.45) is 11.7 Å². The van der Waals surface area contributed by atoms with Gasteiger partial charge in [-0.2, -0.15) is 0 Å². The third kappa shape index (κ3) is 6.25. The maximum Gasteiger partial charge on any atom is 0.303 e. The van der Waals surface area contributed by atoms with Crippen molar-refractivity contribution < 1.29 is 29.0 Å². The Morgan fingerprint density at radius 1 is 1.30 bits per heavy atom. The number of benzene rings is 1. The second kappa shape index (κ2) is 8.62. The van der Waals surface area contributed by atoms with Crippen molar-refractivity contribution in [3.05, 3.63) is 23.8 Å². The molecule has 0 aliphatic heterocycles. The number of primary amides is 1. The fraction of sp³-hybridized carbons (Fsp3) is 0.400. The van der Waals surface area contributed by atoms with Crippen molar-refractivity contribution in [2.75, 3.05) is 20.3 Å². The summed E-state index contributed by atoms with van der Waals surface area (Å²) in [4.78, 5) is 33.4. The topological polar surface area (TPSA) is 128 Å². The first-order valence-corrected chi connectivity index (χ1v) is 6.92. The second-order valence-electron chi connectivity index (χ2n) is 5.03. The quantitative estimate of drug-likeness (QED) is 0.603. The number of ether oxygens (including phenoxy) is 2. The van der Waals surface area contributed by atoms with Crippen LogP contribution >= 0.6 is 0 Å². The number of methoxy groups -OCH3 is 1. The minimum Gasteiger partial charge on any atom is -0.493 e. The molecule has 0 aromatic heterocycles. The van der Waals surface area contributed by atoms with Gasteiger partial charge in [0.05, 0.1) is 7.11 Å². The fourth-order valence-corrected chi connectivity index (χ4v) is 1.82. The Kier molecular flexibility index (Phi) is 6.85. The highest BCUT2D eigenvalue weighted by atomic mass is 16.5. The Morgan fingerprint density at radius 2 is 2.00 bits per heavy atom. The molecule has 0 bridgehead atoms. The summed E-state index contributed by atoms with van der Waals surface area (Å²) >= 11 is 0. The first kappa shape index (κ1) is 18.3. The molecule has 126 valence electrons. The van der Waals surface area contributed by atoms with Crippen LogP contribution in [0.4, 0.5) is 0 Å². The Hall–Kier alpha value is -2.77. The van der Waals surface area contributed by atoms with Gasteiger partial charge >= 0.3 is 5.97 Å². The number of carboxylic acids is 1. The monoisotopic (exact) mass is 324 g/mol. The van der Waals surface area contributed by atoms with Gasteiger partial charge in [-0.05, 0) is 24.1 Å². The molecular formula is C15H20N2O6. The summed E-state index contributed by atoms with van der Waals surface area (Å²) in [7, 11) is 1.41. The normalized spacial score (nSPS) is 11.4. The van der Waals surface area contributed by atoms with E-state index in [1.54, 1.807) is 6.92 Å². The number of carbonyl (C=O) groups excluding carboxylic acids is 2. The van der Waals surface area contributed by atoms with E-state index in [0.717, 1.165) is 0 Å². The van der Waals surface area contributed by atoms with Crippen LogP contribution in [0.3, 0.4) is 0 Å². The number of hydrogen-bond acceptors (Lipinski definition) is 5. The van der Waals surface area contributed by atoms with E-state index in [1.807, 2.05) is 0 Å². The van der Waals surface area contributed by atoms with Gasteiger partial charge in [-0.25, -0.2) is 0 Å². The molecule has 0 saturated carbocycles. The van der Waals surface area contributed by atoms with E-state index in [-0.39, 0.29) is 37.1 Å². The maximum absolute atomic E-state index is 12.1. The molecule has 4 N–H and O–H groups in total. The van der Waals surface area contributed by atoms with Crippen LogP contribution < -0.4 is 20.5 Å². The molecule has 0 aliphatic rings. The van der Waals surface area contributed by atoms with Crippen molar-refractivity contribution in [3.63, 3.8) is 0 Å². The summed E-state index contributed by atoms with van der Waals surface area (Å²) in [5.41, 5.74) is 5.33. The average Bonchev–Trinajstić information content (AvgIpc) is 2.49. The minimum atomic E-state index is -0.913. The molecule has 8 nitrogen and oxygen atoms in total. The zero-order valence-electron chi connectivity index (χ0n) is 13.0. The summed E-state index contributed by atoms with van der Waals surface area (Å²) in [6.07, 6.45) is -0.0243. The fourth-order valence-electron chi connectivity index (χ4n) is 1.82. The Bertz CT molecular complexity index is 587. The van der Waals surface area contributed by atoms with Gasteiger partial charge in [-0.15, -0.1) is 0 Å². The molecule has 23 heavy (non-hydrogen) atoms. The highest BCUT2D eigenvalue weighted by molar-refractivity contribution is 5.94. The van der Waals surface area contributed by atoms with E-state index in [0.29, 0.717) is 11.3 Å². The van der Waals surface area contributed by atoms with E-state index in [2.05, 4.69) is 5.32 Å². The Balaban J connectivity index is 2.70. The van der Waals surface area contributed by atoms with Crippen molar-refractivity contribution >= 4 is 17.8 Å². The molecule has 0 fully saturated rings. The summed E-state index contributed by atoms with van der Waals surface area (Å²) < 4.78 is 10.3. The van der Waals surface area contributed by atoms with E-state index < -0.39 is 11.9 Å². The average molecular weight is 324 g/mol. The molecule has 1 rings (SSSR count). The lowest BCUT2D eigenvalue weighted by Crippen LogP contribution is -2.29. The third-order valence-corrected chi connectivity index (χ3v) is 2.93. The van der Waals surface area contributed by atoms with Gasteiger partial charge in [0.25, 0.3) is 11.8 Å². The smallest absolute Gasteiger partial charge is 0.303 e. The lowest BCUT2D eigenvalue weighted by atomic mass is 10.1. The molecule has 1 aromatic carbocycles. The van der Waals surface area contributed by atoms with Crippen LogP contribution in [0.15, 0.2) is 18.2 Å². The first-order valence-electron chi connectivity index (χ1n) is 6.92. The van der Waals surface area contributed by atoms with Crippen molar-refractivity contribution in [1.82, 2.24) is 5.32 Å². The molecule has 2 amide bonds. The van der Waals surface area contributed by atoms with Crippen LogP contribution in [0.1, 0.15) is 23.7 Å². The van der Waals surface area contributed by atoms with Gasteiger partial charge in [-0.1, -0.05) is 6.92 Å². The predicted octanol–water partition coefficient (Wildman–Crippen LogP) is 0.400. The zero-order valence-corrected chi connectivity index (χ0v) is 13.0. The number of nitrogens with one attached hydrogen (secondary N) is 1. The molecule has 1 atom stereocenters. The largest absolute Gasteiger partial charge is 0.493 e. The molecular weight excluding hydrogens is 304 g/mol. The highest BCUT2D eigenvalue weighted by Gasteiger charge is 2.14. The lowest BCUT2D eigenvalue weighted by Gasteiger charge is -2.13. The van der Waals surface area contributed by atoms with E-state index in [1.165, 1.54) is 25.3 Å². The summed E-state index contributed by atoms with van der Waals surface area (Å²) in [6, 6.07) is 4.47. The van der Waals surface area contributed by atoms with Crippen LogP contribution in [0, 0.1) is 5.92 Å². The molecule has 0 radical (unpaired) electrons. The second-order valence-corrected chi connectivity index (χ2v) is 5.03. The van der Waals surface area contributed by atoms with Crippen LogP contribution in [-0.2, 0) is 9.59 Å². The minimum absolute atomic E-state index is 0.0243.